The molecular weight excluding hydrogens is 326 g/mol. The highest BCUT2D eigenvalue weighted by molar-refractivity contribution is 5.87. The van der Waals surface area contributed by atoms with Crippen LogP contribution in [-0.4, -0.2) is 54.7 Å². The van der Waals surface area contributed by atoms with Gasteiger partial charge in [-0.05, 0) is 36.8 Å². The van der Waals surface area contributed by atoms with E-state index in [4.69, 9.17) is 5.11 Å². The molecule has 1 aliphatic rings. The predicted molar refractivity (Wildman–Crippen MR) is 105 cm³/mol. The van der Waals surface area contributed by atoms with Gasteiger partial charge in [-0.1, -0.05) is 30.3 Å². The van der Waals surface area contributed by atoms with Crippen LogP contribution in [-0.2, 0) is 6.54 Å². The SMILES string of the molecule is CC(CNCc1cccc(C(=O)O)c1)N1CCN(c2ccccc2)CC1. The molecule has 0 bridgehead atoms. The first-order valence-electron chi connectivity index (χ1n) is 9.20. The van der Waals surface area contributed by atoms with Crippen LogP contribution in [0.25, 0.3) is 0 Å². The Hall–Kier alpha value is -2.37. The molecule has 3 rings (SSSR count). The average molecular weight is 353 g/mol. The van der Waals surface area contributed by atoms with Gasteiger partial charge in [0.2, 0.25) is 0 Å². The highest BCUT2D eigenvalue weighted by Gasteiger charge is 2.20. The van der Waals surface area contributed by atoms with Gasteiger partial charge in [-0.25, -0.2) is 4.79 Å². The van der Waals surface area contributed by atoms with Crippen molar-refractivity contribution in [2.75, 3.05) is 37.6 Å². The molecule has 138 valence electrons. The number of nitrogens with one attached hydrogen (secondary N) is 1. The van der Waals surface area contributed by atoms with Crippen molar-refractivity contribution >= 4 is 11.7 Å². The minimum atomic E-state index is -0.878. The van der Waals surface area contributed by atoms with Crippen LogP contribution in [0, 0.1) is 0 Å². The molecule has 1 aliphatic heterocycles. The van der Waals surface area contributed by atoms with Crippen molar-refractivity contribution in [3.8, 4) is 0 Å². The summed E-state index contributed by atoms with van der Waals surface area (Å²) in [5.41, 5.74) is 2.65. The summed E-state index contributed by atoms with van der Waals surface area (Å²) in [5.74, 6) is -0.878. The molecule has 2 N–H and O–H groups in total. The second kappa shape index (κ2) is 8.83. The monoisotopic (exact) mass is 353 g/mol. The van der Waals surface area contributed by atoms with Crippen LogP contribution in [0.1, 0.15) is 22.8 Å². The number of rotatable bonds is 7. The lowest BCUT2D eigenvalue weighted by Crippen LogP contribution is -2.51. The number of para-hydroxylation sites is 1. The lowest BCUT2D eigenvalue weighted by atomic mass is 10.1. The van der Waals surface area contributed by atoms with E-state index in [1.165, 1.54) is 5.69 Å². The largest absolute Gasteiger partial charge is 0.478 e. The van der Waals surface area contributed by atoms with E-state index in [-0.39, 0.29) is 0 Å². The minimum Gasteiger partial charge on any atom is -0.478 e. The van der Waals surface area contributed by atoms with Gasteiger partial charge in [0, 0.05) is 51.0 Å². The molecular formula is C21H27N3O2. The number of carboxylic acids is 1. The highest BCUT2D eigenvalue weighted by atomic mass is 16.4. The molecule has 1 fully saturated rings. The van der Waals surface area contributed by atoms with Crippen molar-refractivity contribution in [2.24, 2.45) is 0 Å². The van der Waals surface area contributed by atoms with Gasteiger partial charge < -0.3 is 15.3 Å². The zero-order valence-corrected chi connectivity index (χ0v) is 15.3. The zero-order valence-electron chi connectivity index (χ0n) is 15.3. The standard InChI is InChI=1S/C21H27N3O2/c1-17(15-22-16-18-6-5-7-19(14-18)21(25)26)23-10-12-24(13-11-23)20-8-3-2-4-9-20/h2-9,14,17,22H,10-13,15-16H2,1H3,(H,25,26). The third-order valence-electron chi connectivity index (χ3n) is 5.00. The number of benzene rings is 2. The van der Waals surface area contributed by atoms with E-state index in [2.05, 4.69) is 52.4 Å². The van der Waals surface area contributed by atoms with Gasteiger partial charge in [0.05, 0.1) is 5.56 Å². The predicted octanol–water partition coefficient (Wildman–Crippen LogP) is 2.69. The second-order valence-electron chi connectivity index (χ2n) is 6.84. The molecule has 1 unspecified atom stereocenters. The van der Waals surface area contributed by atoms with Crippen molar-refractivity contribution < 1.29 is 9.90 Å². The maximum atomic E-state index is 11.0. The van der Waals surface area contributed by atoms with Crippen LogP contribution >= 0.6 is 0 Å². The maximum Gasteiger partial charge on any atom is 0.335 e. The Kier molecular flexibility index (Phi) is 6.26. The third kappa shape index (κ3) is 4.84. The third-order valence-corrected chi connectivity index (χ3v) is 5.00. The summed E-state index contributed by atoms with van der Waals surface area (Å²) in [5, 5.41) is 12.5. The summed E-state index contributed by atoms with van der Waals surface area (Å²) < 4.78 is 0. The fourth-order valence-corrected chi connectivity index (χ4v) is 3.43. The Morgan fingerprint density at radius 1 is 1.08 bits per heavy atom. The number of hydrogen-bond acceptors (Lipinski definition) is 4. The Morgan fingerprint density at radius 3 is 2.50 bits per heavy atom. The van der Waals surface area contributed by atoms with Gasteiger partial charge in [-0.15, -0.1) is 0 Å². The first kappa shape index (κ1) is 18.4. The number of piperazine rings is 1. The Labute approximate surface area is 155 Å². The Morgan fingerprint density at radius 2 is 1.81 bits per heavy atom. The van der Waals surface area contributed by atoms with E-state index in [0.29, 0.717) is 18.2 Å². The van der Waals surface area contributed by atoms with Crippen LogP contribution in [0.3, 0.4) is 0 Å². The van der Waals surface area contributed by atoms with Crippen LogP contribution in [0.15, 0.2) is 54.6 Å². The molecule has 0 saturated carbocycles. The van der Waals surface area contributed by atoms with E-state index in [9.17, 15) is 4.79 Å². The van der Waals surface area contributed by atoms with E-state index >= 15 is 0 Å². The zero-order chi connectivity index (χ0) is 18.4. The van der Waals surface area contributed by atoms with Crippen molar-refractivity contribution in [1.29, 1.82) is 0 Å². The van der Waals surface area contributed by atoms with Gasteiger partial charge in [0.15, 0.2) is 0 Å². The molecule has 0 aliphatic carbocycles. The van der Waals surface area contributed by atoms with E-state index in [1.807, 2.05) is 6.07 Å². The van der Waals surface area contributed by atoms with Gasteiger partial charge >= 0.3 is 5.97 Å². The number of nitrogens with zero attached hydrogens (tertiary/aromatic N) is 2. The van der Waals surface area contributed by atoms with Crippen LogP contribution in [0.5, 0.6) is 0 Å². The molecule has 5 nitrogen and oxygen atoms in total. The number of hydrogen-bond donors (Lipinski definition) is 2. The Balaban J connectivity index is 1.42. The smallest absolute Gasteiger partial charge is 0.335 e. The number of carboxylic acid groups (broad SMARTS) is 1. The maximum absolute atomic E-state index is 11.0. The molecule has 1 atom stereocenters. The summed E-state index contributed by atoms with van der Waals surface area (Å²) in [6.07, 6.45) is 0. The number of aromatic carboxylic acids is 1. The first-order chi connectivity index (χ1) is 12.6. The quantitative estimate of drug-likeness (QED) is 0.802. The van der Waals surface area contributed by atoms with Crippen molar-refractivity contribution in [1.82, 2.24) is 10.2 Å². The highest BCUT2D eigenvalue weighted by Crippen LogP contribution is 2.16. The molecule has 1 saturated heterocycles. The van der Waals surface area contributed by atoms with Crippen molar-refractivity contribution in [3.05, 3.63) is 65.7 Å². The number of anilines is 1. The summed E-state index contributed by atoms with van der Waals surface area (Å²) in [4.78, 5) is 16.0. The fraction of sp³-hybridized carbons (Fsp3) is 0.381. The summed E-state index contributed by atoms with van der Waals surface area (Å²) in [7, 11) is 0. The second-order valence-corrected chi connectivity index (χ2v) is 6.84. The lowest BCUT2D eigenvalue weighted by Gasteiger charge is -2.39. The van der Waals surface area contributed by atoms with Crippen LogP contribution in [0.2, 0.25) is 0 Å². The molecule has 26 heavy (non-hydrogen) atoms. The van der Waals surface area contributed by atoms with E-state index in [0.717, 1.165) is 38.3 Å². The molecule has 0 spiro atoms. The van der Waals surface area contributed by atoms with Gasteiger partial charge in [0.1, 0.15) is 0 Å². The molecule has 0 radical (unpaired) electrons. The Bertz CT molecular complexity index is 712. The molecule has 0 amide bonds. The topological polar surface area (TPSA) is 55.8 Å². The molecule has 0 aromatic heterocycles. The van der Waals surface area contributed by atoms with Crippen LogP contribution in [0.4, 0.5) is 5.69 Å². The summed E-state index contributed by atoms with van der Waals surface area (Å²) in [6, 6.07) is 18.2. The molecule has 2 aromatic carbocycles. The van der Waals surface area contributed by atoms with E-state index in [1.54, 1.807) is 18.2 Å². The summed E-state index contributed by atoms with van der Waals surface area (Å²) in [6.45, 7) is 8.05. The van der Waals surface area contributed by atoms with Gasteiger partial charge in [-0.3, -0.25) is 4.90 Å². The van der Waals surface area contributed by atoms with Gasteiger partial charge in [-0.2, -0.15) is 0 Å². The first-order valence-corrected chi connectivity index (χ1v) is 9.20. The molecule has 1 heterocycles. The van der Waals surface area contributed by atoms with Gasteiger partial charge in [0.25, 0.3) is 0 Å². The molecule has 2 aromatic rings. The normalized spacial score (nSPS) is 16.4. The summed E-state index contributed by atoms with van der Waals surface area (Å²) >= 11 is 0. The van der Waals surface area contributed by atoms with Crippen LogP contribution < -0.4 is 10.2 Å². The number of carbonyl (C=O) groups is 1. The van der Waals surface area contributed by atoms with Crippen molar-refractivity contribution in [3.63, 3.8) is 0 Å². The lowest BCUT2D eigenvalue weighted by molar-refractivity contribution is 0.0696. The van der Waals surface area contributed by atoms with Crippen molar-refractivity contribution in [2.45, 2.75) is 19.5 Å². The van der Waals surface area contributed by atoms with E-state index < -0.39 is 5.97 Å². The minimum absolute atomic E-state index is 0.342. The fourth-order valence-electron chi connectivity index (χ4n) is 3.43. The molecule has 5 heteroatoms. The average Bonchev–Trinajstić information content (AvgIpc) is 2.69.